The van der Waals surface area contributed by atoms with Gasteiger partial charge in [-0.3, -0.25) is 9.59 Å². The molecule has 2 N–H and O–H groups in total. The van der Waals surface area contributed by atoms with Crippen molar-refractivity contribution in [2.75, 3.05) is 19.6 Å². The summed E-state index contributed by atoms with van der Waals surface area (Å²) in [4.78, 5) is 27.0. The van der Waals surface area contributed by atoms with Gasteiger partial charge in [0.25, 0.3) is 0 Å². The van der Waals surface area contributed by atoms with E-state index in [-0.39, 0.29) is 23.4 Å². The molecule has 2 aromatic rings. The zero-order valence-corrected chi connectivity index (χ0v) is 16.1. The Morgan fingerprint density at radius 2 is 2.00 bits per heavy atom. The average Bonchev–Trinajstić information content (AvgIpc) is 3.13. The van der Waals surface area contributed by atoms with Gasteiger partial charge in [-0.1, -0.05) is 18.2 Å². The van der Waals surface area contributed by atoms with Gasteiger partial charge in [-0.25, -0.2) is 0 Å². The summed E-state index contributed by atoms with van der Waals surface area (Å²) in [5, 5.41) is 7.60. The fourth-order valence-electron chi connectivity index (χ4n) is 4.94. The number of amides is 2. The minimum absolute atomic E-state index is 0.0226. The van der Waals surface area contributed by atoms with E-state index in [4.69, 9.17) is 0 Å². The molecule has 1 atom stereocenters. The third kappa shape index (κ3) is 3.34. The van der Waals surface area contributed by atoms with Crippen molar-refractivity contribution in [1.29, 1.82) is 0 Å². The SMILES string of the molecule is CC(=O)N[C@H]1CN(C(=O)Cn2c(C)cc3ccccc32)C2(CCNCC2)C1. The molecule has 2 amide bonds. The van der Waals surface area contributed by atoms with E-state index >= 15 is 0 Å². The van der Waals surface area contributed by atoms with Gasteiger partial charge in [0.15, 0.2) is 0 Å². The summed E-state index contributed by atoms with van der Waals surface area (Å²) in [6.45, 7) is 6.40. The van der Waals surface area contributed by atoms with E-state index in [2.05, 4.69) is 45.2 Å². The number of aryl methyl sites for hydroxylation is 1. The number of aromatic nitrogens is 1. The van der Waals surface area contributed by atoms with E-state index in [1.807, 2.05) is 12.1 Å². The zero-order valence-electron chi connectivity index (χ0n) is 16.1. The largest absolute Gasteiger partial charge is 0.352 e. The smallest absolute Gasteiger partial charge is 0.243 e. The van der Waals surface area contributed by atoms with Gasteiger partial charge < -0.3 is 20.1 Å². The van der Waals surface area contributed by atoms with E-state index in [0.717, 1.165) is 48.9 Å². The normalized spacial score (nSPS) is 21.7. The van der Waals surface area contributed by atoms with Crippen molar-refractivity contribution in [2.45, 2.75) is 51.2 Å². The van der Waals surface area contributed by atoms with Gasteiger partial charge in [0.05, 0.1) is 0 Å². The number of likely N-dealkylation sites (tertiary alicyclic amines) is 1. The number of carbonyl (C=O) groups is 2. The Bertz CT molecular complexity index is 866. The molecule has 2 aliphatic heterocycles. The third-order valence-corrected chi connectivity index (χ3v) is 6.16. The van der Waals surface area contributed by atoms with Gasteiger partial charge in [0.2, 0.25) is 11.8 Å². The van der Waals surface area contributed by atoms with Crippen LogP contribution in [0.5, 0.6) is 0 Å². The number of nitrogens with zero attached hydrogens (tertiary/aromatic N) is 2. The lowest BCUT2D eigenvalue weighted by molar-refractivity contribution is -0.137. The lowest BCUT2D eigenvalue weighted by atomic mass is 9.85. The molecular formula is C21H28N4O2. The lowest BCUT2D eigenvalue weighted by Crippen LogP contribution is -2.53. The minimum atomic E-state index is -0.133. The topological polar surface area (TPSA) is 66.4 Å². The van der Waals surface area contributed by atoms with Crippen LogP contribution in [0.2, 0.25) is 0 Å². The van der Waals surface area contributed by atoms with Crippen LogP contribution in [-0.4, -0.2) is 52.5 Å². The number of rotatable bonds is 3. The maximum absolute atomic E-state index is 13.4. The molecule has 1 aromatic carbocycles. The summed E-state index contributed by atoms with van der Waals surface area (Å²) in [7, 11) is 0. The second-order valence-electron chi connectivity index (χ2n) is 8.01. The van der Waals surface area contributed by atoms with Crippen molar-refractivity contribution < 1.29 is 9.59 Å². The number of fused-ring (bicyclic) bond motifs is 1. The first-order chi connectivity index (χ1) is 13.0. The predicted molar refractivity (Wildman–Crippen MR) is 105 cm³/mol. The van der Waals surface area contributed by atoms with E-state index in [1.54, 1.807) is 6.92 Å². The summed E-state index contributed by atoms with van der Waals surface area (Å²) in [5.74, 6) is 0.125. The Kier molecular flexibility index (Phi) is 4.68. The average molecular weight is 368 g/mol. The quantitative estimate of drug-likeness (QED) is 0.868. The number of para-hydroxylation sites is 1. The van der Waals surface area contributed by atoms with Gasteiger partial charge in [0.1, 0.15) is 6.54 Å². The van der Waals surface area contributed by atoms with Crippen LogP contribution in [-0.2, 0) is 16.1 Å². The van der Waals surface area contributed by atoms with Crippen molar-refractivity contribution >= 4 is 22.7 Å². The van der Waals surface area contributed by atoms with Crippen molar-refractivity contribution in [1.82, 2.24) is 20.1 Å². The fourth-order valence-corrected chi connectivity index (χ4v) is 4.94. The van der Waals surface area contributed by atoms with Crippen LogP contribution in [0.15, 0.2) is 30.3 Å². The number of nitrogens with one attached hydrogen (secondary N) is 2. The van der Waals surface area contributed by atoms with E-state index < -0.39 is 0 Å². The first kappa shape index (κ1) is 18.0. The highest BCUT2D eigenvalue weighted by molar-refractivity contribution is 5.85. The number of benzene rings is 1. The first-order valence-electron chi connectivity index (χ1n) is 9.82. The number of hydrogen-bond acceptors (Lipinski definition) is 3. The molecule has 6 nitrogen and oxygen atoms in total. The summed E-state index contributed by atoms with van der Waals surface area (Å²) in [6.07, 6.45) is 2.74. The highest BCUT2D eigenvalue weighted by Gasteiger charge is 2.48. The Labute approximate surface area is 159 Å². The van der Waals surface area contributed by atoms with Crippen LogP contribution < -0.4 is 10.6 Å². The van der Waals surface area contributed by atoms with Crippen molar-refractivity contribution in [2.24, 2.45) is 0 Å². The molecule has 0 aliphatic carbocycles. The van der Waals surface area contributed by atoms with Gasteiger partial charge in [-0.05, 0) is 56.8 Å². The number of piperidine rings is 1. The van der Waals surface area contributed by atoms with Gasteiger partial charge in [-0.15, -0.1) is 0 Å². The molecular weight excluding hydrogens is 340 g/mol. The Morgan fingerprint density at radius 3 is 2.74 bits per heavy atom. The van der Waals surface area contributed by atoms with Gasteiger partial charge in [-0.2, -0.15) is 0 Å². The van der Waals surface area contributed by atoms with Crippen LogP contribution in [0.4, 0.5) is 0 Å². The molecule has 1 spiro atoms. The highest BCUT2D eigenvalue weighted by atomic mass is 16.2. The van der Waals surface area contributed by atoms with Crippen LogP contribution in [0.25, 0.3) is 10.9 Å². The van der Waals surface area contributed by atoms with Crippen molar-refractivity contribution in [3.8, 4) is 0 Å². The van der Waals surface area contributed by atoms with Crippen molar-refractivity contribution in [3.05, 3.63) is 36.0 Å². The van der Waals surface area contributed by atoms with Crippen LogP contribution in [0.1, 0.15) is 31.9 Å². The molecule has 144 valence electrons. The third-order valence-electron chi connectivity index (χ3n) is 6.16. The molecule has 4 rings (SSSR count). The molecule has 0 saturated carbocycles. The van der Waals surface area contributed by atoms with Crippen LogP contribution in [0, 0.1) is 6.92 Å². The Hall–Kier alpha value is -2.34. The summed E-state index contributed by atoms with van der Waals surface area (Å²) in [6, 6.07) is 10.4. The summed E-state index contributed by atoms with van der Waals surface area (Å²) < 4.78 is 2.11. The Morgan fingerprint density at radius 1 is 1.26 bits per heavy atom. The van der Waals surface area contributed by atoms with Gasteiger partial charge in [0, 0.05) is 36.3 Å². The standard InChI is InChI=1S/C21H28N4O2/c1-15-11-17-5-3-4-6-19(17)24(15)14-20(27)25-13-18(23-16(2)26)12-21(25)7-9-22-10-8-21/h3-6,11,18,22H,7-10,12-14H2,1-2H3,(H,23,26)/t18-/m1/s1. The summed E-state index contributed by atoms with van der Waals surface area (Å²) >= 11 is 0. The first-order valence-corrected chi connectivity index (χ1v) is 9.82. The molecule has 1 aromatic heterocycles. The molecule has 2 saturated heterocycles. The van der Waals surface area contributed by atoms with E-state index in [0.29, 0.717) is 13.1 Å². The Balaban J connectivity index is 1.60. The molecule has 6 heteroatoms. The second kappa shape index (κ2) is 7.00. The second-order valence-corrected chi connectivity index (χ2v) is 8.01. The molecule has 3 heterocycles. The molecule has 27 heavy (non-hydrogen) atoms. The molecule has 0 radical (unpaired) electrons. The maximum Gasteiger partial charge on any atom is 0.243 e. The zero-order chi connectivity index (χ0) is 19.0. The highest BCUT2D eigenvalue weighted by Crippen LogP contribution is 2.37. The number of carbonyl (C=O) groups excluding carboxylic acids is 2. The van der Waals surface area contributed by atoms with E-state index in [1.165, 1.54) is 0 Å². The van der Waals surface area contributed by atoms with E-state index in [9.17, 15) is 9.59 Å². The van der Waals surface area contributed by atoms with Crippen LogP contribution in [0.3, 0.4) is 0 Å². The molecule has 2 fully saturated rings. The van der Waals surface area contributed by atoms with Gasteiger partial charge >= 0.3 is 0 Å². The molecule has 2 aliphatic rings. The number of hydrogen-bond donors (Lipinski definition) is 2. The molecule has 0 bridgehead atoms. The molecule has 0 unspecified atom stereocenters. The predicted octanol–water partition coefficient (Wildman–Crippen LogP) is 1.81. The lowest BCUT2D eigenvalue weighted by Gasteiger charge is -2.41. The fraction of sp³-hybridized carbons (Fsp3) is 0.524. The maximum atomic E-state index is 13.4. The van der Waals surface area contributed by atoms with Crippen molar-refractivity contribution in [3.63, 3.8) is 0 Å². The van der Waals surface area contributed by atoms with Crippen LogP contribution >= 0.6 is 0 Å². The minimum Gasteiger partial charge on any atom is -0.352 e. The monoisotopic (exact) mass is 368 g/mol. The summed E-state index contributed by atoms with van der Waals surface area (Å²) in [5.41, 5.74) is 2.06.